The number of hydrogen-bond acceptors (Lipinski definition) is 3. The third kappa shape index (κ3) is 2.86. The zero-order chi connectivity index (χ0) is 13.1. The summed E-state index contributed by atoms with van der Waals surface area (Å²) in [7, 11) is -1.31. The highest BCUT2D eigenvalue weighted by Gasteiger charge is 2.10. The van der Waals surface area contributed by atoms with Crippen LogP contribution in [0.1, 0.15) is 5.56 Å². The van der Waals surface area contributed by atoms with E-state index in [1.165, 1.54) is 24.5 Å². The van der Waals surface area contributed by atoms with Crippen LogP contribution in [-0.2, 0) is 16.6 Å². The normalized spacial score (nSPS) is 12.3. The first kappa shape index (κ1) is 13.0. The Morgan fingerprint density at radius 2 is 2.17 bits per heavy atom. The Morgan fingerprint density at radius 3 is 2.83 bits per heavy atom. The minimum absolute atomic E-state index is 0.0206. The summed E-state index contributed by atoms with van der Waals surface area (Å²) < 4.78 is 25.1. The van der Waals surface area contributed by atoms with Gasteiger partial charge in [0.25, 0.3) is 0 Å². The summed E-state index contributed by atoms with van der Waals surface area (Å²) in [5, 5.41) is 0.0206. The molecule has 0 aliphatic carbocycles. The monoisotopic (exact) mass is 284 g/mol. The topological polar surface area (TPSA) is 56.0 Å². The number of nitrogen functional groups attached to an aromatic ring is 1. The average Bonchev–Trinajstić information content (AvgIpc) is 2.34. The number of anilines is 1. The van der Waals surface area contributed by atoms with Gasteiger partial charge in [0.1, 0.15) is 5.82 Å². The largest absolute Gasteiger partial charge is 0.396 e. The van der Waals surface area contributed by atoms with Gasteiger partial charge in [0.2, 0.25) is 0 Å². The first-order valence-corrected chi connectivity index (χ1v) is 6.79. The molecule has 3 nitrogen and oxygen atoms in total. The van der Waals surface area contributed by atoms with E-state index < -0.39 is 16.6 Å². The predicted molar refractivity (Wildman–Crippen MR) is 70.2 cm³/mol. The summed E-state index contributed by atoms with van der Waals surface area (Å²) in [4.78, 5) is 4.35. The van der Waals surface area contributed by atoms with Crippen LogP contribution in [-0.4, -0.2) is 9.19 Å². The van der Waals surface area contributed by atoms with E-state index in [1.54, 1.807) is 12.1 Å². The molecule has 2 rings (SSSR count). The summed E-state index contributed by atoms with van der Waals surface area (Å²) in [5.74, 6) is -0.261. The number of hydrogen-bond donors (Lipinski definition) is 1. The number of benzene rings is 1. The first-order chi connectivity index (χ1) is 8.58. The lowest BCUT2D eigenvalue weighted by molar-refractivity contribution is 0.627. The van der Waals surface area contributed by atoms with E-state index >= 15 is 0 Å². The van der Waals surface area contributed by atoms with E-state index in [4.69, 9.17) is 17.3 Å². The summed E-state index contributed by atoms with van der Waals surface area (Å²) in [6, 6.07) is 5.88. The SMILES string of the molecule is Nc1cnccc1S(=O)Cc1ccc(F)c(Cl)c1. The maximum absolute atomic E-state index is 13.0. The molecular formula is C12H10ClFN2OS. The Kier molecular flexibility index (Phi) is 3.93. The van der Waals surface area contributed by atoms with E-state index in [0.717, 1.165) is 0 Å². The second kappa shape index (κ2) is 5.46. The van der Waals surface area contributed by atoms with E-state index in [2.05, 4.69) is 4.98 Å². The second-order valence-electron chi connectivity index (χ2n) is 3.65. The molecule has 0 aliphatic heterocycles. The molecule has 0 amide bonds. The van der Waals surface area contributed by atoms with Gasteiger partial charge in [-0.25, -0.2) is 4.39 Å². The van der Waals surface area contributed by atoms with Crippen molar-refractivity contribution in [3.8, 4) is 0 Å². The van der Waals surface area contributed by atoms with Crippen molar-refractivity contribution in [2.24, 2.45) is 0 Å². The van der Waals surface area contributed by atoms with E-state index in [0.29, 0.717) is 16.1 Å². The van der Waals surface area contributed by atoms with Crippen LogP contribution in [0.25, 0.3) is 0 Å². The Labute approximate surface area is 111 Å². The molecule has 0 spiro atoms. The molecule has 0 radical (unpaired) electrons. The van der Waals surface area contributed by atoms with Crippen LogP contribution in [0.2, 0.25) is 5.02 Å². The van der Waals surface area contributed by atoms with Crippen LogP contribution in [0.3, 0.4) is 0 Å². The standard InChI is InChI=1S/C12H10ClFN2OS/c13-9-5-8(1-2-10(9)14)7-18(17)12-3-4-16-6-11(12)15/h1-6H,7,15H2. The van der Waals surface area contributed by atoms with Gasteiger partial charge in [-0.3, -0.25) is 9.19 Å². The van der Waals surface area contributed by atoms with Crippen molar-refractivity contribution in [3.05, 3.63) is 53.1 Å². The molecule has 1 aromatic carbocycles. The average molecular weight is 285 g/mol. The quantitative estimate of drug-likeness (QED) is 0.943. The molecule has 6 heteroatoms. The van der Waals surface area contributed by atoms with Crippen molar-refractivity contribution in [1.82, 2.24) is 4.98 Å². The van der Waals surface area contributed by atoms with Crippen molar-refractivity contribution in [3.63, 3.8) is 0 Å². The van der Waals surface area contributed by atoms with E-state index in [-0.39, 0.29) is 10.8 Å². The summed E-state index contributed by atoms with van der Waals surface area (Å²) in [5.41, 5.74) is 6.76. The Balaban J connectivity index is 2.22. The Hall–Kier alpha value is -1.46. The lowest BCUT2D eigenvalue weighted by atomic mass is 10.2. The summed E-state index contributed by atoms with van der Waals surface area (Å²) in [6.07, 6.45) is 2.98. The van der Waals surface area contributed by atoms with Gasteiger partial charge >= 0.3 is 0 Å². The zero-order valence-corrected chi connectivity index (χ0v) is 10.8. The summed E-state index contributed by atoms with van der Waals surface area (Å²) >= 11 is 5.67. The maximum atomic E-state index is 13.0. The number of aromatic nitrogens is 1. The molecule has 1 atom stereocenters. The fourth-order valence-electron chi connectivity index (χ4n) is 1.46. The molecule has 0 saturated heterocycles. The smallest absolute Gasteiger partial charge is 0.141 e. The molecule has 0 saturated carbocycles. The molecule has 0 fully saturated rings. The van der Waals surface area contributed by atoms with Crippen LogP contribution in [0.15, 0.2) is 41.6 Å². The van der Waals surface area contributed by atoms with Gasteiger partial charge in [-0.15, -0.1) is 0 Å². The van der Waals surface area contributed by atoms with Gasteiger partial charge in [0, 0.05) is 6.20 Å². The maximum Gasteiger partial charge on any atom is 0.141 e. The lowest BCUT2D eigenvalue weighted by Crippen LogP contribution is -2.01. The van der Waals surface area contributed by atoms with Gasteiger partial charge in [-0.1, -0.05) is 17.7 Å². The molecular weight excluding hydrogens is 275 g/mol. The van der Waals surface area contributed by atoms with Crippen LogP contribution in [0, 0.1) is 5.82 Å². The van der Waals surface area contributed by atoms with Crippen molar-refractivity contribution >= 4 is 28.1 Å². The van der Waals surface area contributed by atoms with Crippen LogP contribution >= 0.6 is 11.6 Å². The third-order valence-electron chi connectivity index (χ3n) is 2.34. The van der Waals surface area contributed by atoms with E-state index in [9.17, 15) is 8.60 Å². The number of nitrogens with zero attached hydrogens (tertiary/aromatic N) is 1. The fourth-order valence-corrected chi connectivity index (χ4v) is 2.83. The Bertz CT molecular complexity index is 606. The molecule has 0 bridgehead atoms. The molecule has 94 valence electrons. The number of nitrogens with two attached hydrogens (primary N) is 1. The molecule has 1 aromatic heterocycles. The highest BCUT2D eigenvalue weighted by Crippen LogP contribution is 2.21. The van der Waals surface area contributed by atoms with E-state index in [1.807, 2.05) is 0 Å². The Morgan fingerprint density at radius 1 is 1.39 bits per heavy atom. The molecule has 18 heavy (non-hydrogen) atoms. The molecule has 1 heterocycles. The van der Waals surface area contributed by atoms with Crippen molar-refractivity contribution in [1.29, 1.82) is 0 Å². The van der Waals surface area contributed by atoms with Crippen LogP contribution in [0.5, 0.6) is 0 Å². The van der Waals surface area contributed by atoms with Gasteiger partial charge < -0.3 is 5.73 Å². The van der Waals surface area contributed by atoms with Crippen molar-refractivity contribution < 1.29 is 8.60 Å². The lowest BCUT2D eigenvalue weighted by Gasteiger charge is -2.05. The minimum Gasteiger partial charge on any atom is -0.396 e. The van der Waals surface area contributed by atoms with Gasteiger partial charge in [-0.05, 0) is 23.8 Å². The molecule has 0 aliphatic rings. The molecule has 2 aromatic rings. The highest BCUT2D eigenvalue weighted by molar-refractivity contribution is 7.84. The number of rotatable bonds is 3. The number of halogens is 2. The first-order valence-electron chi connectivity index (χ1n) is 5.09. The van der Waals surface area contributed by atoms with Gasteiger partial charge in [0.05, 0.1) is 38.4 Å². The second-order valence-corrected chi connectivity index (χ2v) is 5.48. The van der Waals surface area contributed by atoms with Gasteiger partial charge in [-0.2, -0.15) is 0 Å². The zero-order valence-electron chi connectivity index (χ0n) is 9.27. The van der Waals surface area contributed by atoms with Crippen LogP contribution in [0.4, 0.5) is 10.1 Å². The van der Waals surface area contributed by atoms with Crippen LogP contribution < -0.4 is 5.73 Å². The van der Waals surface area contributed by atoms with Gasteiger partial charge in [0.15, 0.2) is 0 Å². The predicted octanol–water partition coefficient (Wildman–Crippen LogP) is 2.76. The minimum atomic E-state index is -1.31. The molecule has 1 unspecified atom stereocenters. The summed E-state index contributed by atoms with van der Waals surface area (Å²) in [6.45, 7) is 0. The highest BCUT2D eigenvalue weighted by atomic mass is 35.5. The fraction of sp³-hybridized carbons (Fsp3) is 0.0833. The van der Waals surface area contributed by atoms with Crippen molar-refractivity contribution in [2.45, 2.75) is 10.6 Å². The molecule has 2 N–H and O–H groups in total. The number of pyridine rings is 1. The third-order valence-corrected chi connectivity index (χ3v) is 4.08. The van der Waals surface area contributed by atoms with Crippen molar-refractivity contribution in [2.75, 3.05) is 5.73 Å².